The molecule has 3 rings (SSSR count). The number of nitrogens with one attached hydrogen (secondary N) is 2. The fourth-order valence-electron chi connectivity index (χ4n) is 2.02. The van der Waals surface area contributed by atoms with Gasteiger partial charge in [-0.25, -0.2) is 4.98 Å². The molecule has 2 heterocycles. The van der Waals surface area contributed by atoms with Gasteiger partial charge in [0.05, 0.1) is 13.2 Å². The summed E-state index contributed by atoms with van der Waals surface area (Å²) >= 11 is 0. The molecule has 0 radical (unpaired) electrons. The number of ether oxygens (including phenoxy) is 2. The minimum absolute atomic E-state index is 0.137. The van der Waals surface area contributed by atoms with E-state index in [2.05, 4.69) is 20.5 Å². The Kier molecular flexibility index (Phi) is 3.94. The fraction of sp³-hybridized carbons (Fsp3) is 0.357. The highest BCUT2D eigenvalue weighted by molar-refractivity contribution is 6.01. The third-order valence-electron chi connectivity index (χ3n) is 3.13. The van der Waals surface area contributed by atoms with Crippen LogP contribution in [0.4, 0.5) is 5.69 Å². The first-order valence-corrected chi connectivity index (χ1v) is 6.82. The summed E-state index contributed by atoms with van der Waals surface area (Å²) in [5.41, 5.74) is 1.60. The lowest BCUT2D eigenvalue weighted by Gasteiger charge is -2.10. The van der Waals surface area contributed by atoms with Gasteiger partial charge in [-0.2, -0.15) is 0 Å². The Bertz CT molecular complexity index is 617. The van der Waals surface area contributed by atoms with Gasteiger partial charge in [0, 0.05) is 17.7 Å². The summed E-state index contributed by atoms with van der Waals surface area (Å²) in [5.74, 6) is 0.483. The topological polar surface area (TPSA) is 89.1 Å². The number of aromatic nitrogens is 3. The van der Waals surface area contributed by atoms with Gasteiger partial charge in [0.15, 0.2) is 6.29 Å². The minimum Gasteiger partial charge on any atom is -0.346 e. The lowest BCUT2D eigenvalue weighted by atomic mass is 10.2. The van der Waals surface area contributed by atoms with Crippen LogP contribution in [0.2, 0.25) is 0 Å². The fourth-order valence-corrected chi connectivity index (χ4v) is 2.02. The molecule has 1 aromatic heterocycles. The molecule has 1 amide bonds. The van der Waals surface area contributed by atoms with Gasteiger partial charge in [0.1, 0.15) is 5.82 Å². The zero-order valence-electron chi connectivity index (χ0n) is 11.6. The van der Waals surface area contributed by atoms with E-state index >= 15 is 0 Å². The van der Waals surface area contributed by atoms with Gasteiger partial charge >= 0.3 is 0 Å². The van der Waals surface area contributed by atoms with Crippen molar-refractivity contribution in [2.24, 2.45) is 0 Å². The maximum atomic E-state index is 12.0. The molecule has 1 aromatic carbocycles. The number of H-pyrrole nitrogens is 1. The average Bonchev–Trinajstić information content (AvgIpc) is 3.19. The second kappa shape index (κ2) is 6.02. The van der Waals surface area contributed by atoms with Gasteiger partial charge in [-0.3, -0.25) is 9.89 Å². The smallest absolute Gasteiger partial charge is 0.295 e. The van der Waals surface area contributed by atoms with Crippen LogP contribution >= 0.6 is 0 Å². The van der Waals surface area contributed by atoms with Gasteiger partial charge in [0.25, 0.3) is 5.91 Å². The van der Waals surface area contributed by atoms with E-state index in [1.54, 1.807) is 12.1 Å². The zero-order valence-corrected chi connectivity index (χ0v) is 11.6. The van der Waals surface area contributed by atoms with Crippen LogP contribution in [-0.4, -0.2) is 34.3 Å². The number of carbonyl (C=O) groups excluding carboxylic acids is 1. The number of hydrogen-bond donors (Lipinski definition) is 2. The molecule has 2 N–H and O–H groups in total. The molecule has 110 valence electrons. The molecule has 1 fully saturated rings. The van der Waals surface area contributed by atoms with Gasteiger partial charge in [-0.05, 0) is 12.1 Å². The maximum absolute atomic E-state index is 12.0. The summed E-state index contributed by atoms with van der Waals surface area (Å²) in [7, 11) is 0. The van der Waals surface area contributed by atoms with Crippen molar-refractivity contribution >= 4 is 11.6 Å². The highest BCUT2D eigenvalue weighted by Crippen LogP contribution is 2.24. The van der Waals surface area contributed by atoms with E-state index in [9.17, 15) is 4.79 Å². The van der Waals surface area contributed by atoms with Gasteiger partial charge in [-0.15, -0.1) is 5.10 Å². The monoisotopic (exact) mass is 288 g/mol. The minimum atomic E-state index is -0.341. The number of carbonyl (C=O) groups is 1. The van der Waals surface area contributed by atoms with Crippen molar-refractivity contribution in [3.8, 4) is 0 Å². The number of hydrogen-bond acceptors (Lipinski definition) is 5. The second-order valence-electron chi connectivity index (χ2n) is 4.61. The van der Waals surface area contributed by atoms with Crippen LogP contribution in [0.1, 0.15) is 35.2 Å². The number of aromatic amines is 1. The third kappa shape index (κ3) is 3.09. The predicted octanol–water partition coefficient (Wildman–Crippen LogP) is 1.66. The van der Waals surface area contributed by atoms with Crippen LogP contribution in [0.15, 0.2) is 24.3 Å². The van der Waals surface area contributed by atoms with Crippen LogP contribution < -0.4 is 5.32 Å². The van der Waals surface area contributed by atoms with Gasteiger partial charge in [0.2, 0.25) is 5.82 Å². The van der Waals surface area contributed by atoms with E-state index in [1.165, 1.54) is 0 Å². The van der Waals surface area contributed by atoms with Crippen LogP contribution in [0.3, 0.4) is 0 Å². The molecule has 2 aromatic rings. The Morgan fingerprint density at radius 3 is 2.67 bits per heavy atom. The first-order chi connectivity index (χ1) is 10.3. The van der Waals surface area contributed by atoms with E-state index < -0.39 is 0 Å². The summed E-state index contributed by atoms with van der Waals surface area (Å²) in [6.45, 7) is 3.15. The highest BCUT2D eigenvalue weighted by Gasteiger charge is 2.18. The predicted molar refractivity (Wildman–Crippen MR) is 74.8 cm³/mol. The molecule has 1 aliphatic heterocycles. The molecule has 0 bridgehead atoms. The van der Waals surface area contributed by atoms with E-state index in [4.69, 9.17) is 9.47 Å². The highest BCUT2D eigenvalue weighted by atomic mass is 16.7. The van der Waals surface area contributed by atoms with Crippen molar-refractivity contribution in [3.05, 3.63) is 41.5 Å². The number of rotatable bonds is 4. The van der Waals surface area contributed by atoms with Crippen LogP contribution in [0.5, 0.6) is 0 Å². The van der Waals surface area contributed by atoms with E-state index in [0.717, 1.165) is 5.56 Å². The SMILES string of the molecule is CCc1nc(C(=O)Nc2ccc(C3OCCO3)cc2)n[nH]1. The summed E-state index contributed by atoms with van der Waals surface area (Å²) < 4.78 is 10.8. The van der Waals surface area contributed by atoms with E-state index in [-0.39, 0.29) is 18.0 Å². The van der Waals surface area contributed by atoms with Crippen molar-refractivity contribution in [1.82, 2.24) is 15.2 Å². The molecule has 1 aliphatic rings. The number of benzene rings is 1. The molecule has 21 heavy (non-hydrogen) atoms. The number of anilines is 1. The second-order valence-corrected chi connectivity index (χ2v) is 4.61. The van der Waals surface area contributed by atoms with Crippen molar-refractivity contribution in [2.75, 3.05) is 18.5 Å². The van der Waals surface area contributed by atoms with Gasteiger partial charge < -0.3 is 14.8 Å². The Morgan fingerprint density at radius 1 is 1.33 bits per heavy atom. The van der Waals surface area contributed by atoms with Crippen molar-refractivity contribution in [1.29, 1.82) is 0 Å². The molecule has 0 spiro atoms. The molecule has 0 atom stereocenters. The van der Waals surface area contributed by atoms with Crippen LogP contribution in [0, 0.1) is 0 Å². The van der Waals surface area contributed by atoms with Crippen molar-refractivity contribution in [3.63, 3.8) is 0 Å². The Hall–Kier alpha value is -2.25. The standard InChI is InChI=1S/C14H16N4O3/c1-2-11-16-12(18-17-11)13(19)15-10-5-3-9(4-6-10)14-20-7-8-21-14/h3-6,14H,2,7-8H2,1H3,(H,15,19)(H,16,17,18). The molecular formula is C14H16N4O3. The molecule has 1 saturated heterocycles. The Balaban J connectivity index is 1.65. The lowest BCUT2D eigenvalue weighted by molar-refractivity contribution is -0.0441. The normalized spacial score (nSPS) is 15.3. The van der Waals surface area contributed by atoms with E-state index in [1.807, 2.05) is 19.1 Å². The molecule has 7 nitrogen and oxygen atoms in total. The maximum Gasteiger partial charge on any atom is 0.295 e. The summed E-state index contributed by atoms with van der Waals surface area (Å²) in [6.07, 6.45) is 0.394. The molecule has 7 heteroatoms. The van der Waals surface area contributed by atoms with Gasteiger partial charge in [-0.1, -0.05) is 19.1 Å². The summed E-state index contributed by atoms with van der Waals surface area (Å²) in [5, 5.41) is 9.34. The summed E-state index contributed by atoms with van der Waals surface area (Å²) in [4.78, 5) is 16.1. The molecular weight excluding hydrogens is 272 g/mol. The Morgan fingerprint density at radius 2 is 2.05 bits per heavy atom. The number of nitrogens with zero attached hydrogens (tertiary/aromatic N) is 2. The van der Waals surface area contributed by atoms with Crippen LogP contribution in [0.25, 0.3) is 0 Å². The number of amides is 1. The lowest BCUT2D eigenvalue weighted by Crippen LogP contribution is -2.14. The van der Waals surface area contributed by atoms with Crippen LogP contribution in [-0.2, 0) is 15.9 Å². The molecule has 0 saturated carbocycles. The quantitative estimate of drug-likeness (QED) is 0.893. The molecule has 0 unspecified atom stereocenters. The Labute approximate surface area is 121 Å². The van der Waals surface area contributed by atoms with Crippen molar-refractivity contribution < 1.29 is 14.3 Å². The van der Waals surface area contributed by atoms with E-state index in [0.29, 0.717) is 31.1 Å². The first kappa shape index (κ1) is 13.7. The number of aryl methyl sites for hydroxylation is 1. The average molecular weight is 288 g/mol. The van der Waals surface area contributed by atoms with Crippen molar-refractivity contribution in [2.45, 2.75) is 19.6 Å². The molecule has 0 aliphatic carbocycles. The third-order valence-corrected chi connectivity index (χ3v) is 3.13. The summed E-state index contributed by atoms with van der Waals surface area (Å²) in [6, 6.07) is 7.32. The largest absolute Gasteiger partial charge is 0.346 e. The zero-order chi connectivity index (χ0) is 14.7. The first-order valence-electron chi connectivity index (χ1n) is 6.82.